The standard InChI is InChI=1S/C9H20.C5H13N.C5H12.C2H4O.CH2O2/c1-4-7-9(6-3)8-5-2;1-3-5-6-4-2;1-5(2,3)4;1-2-3;2-1-3/h9H,4-8H2,1-3H3;6H,3-5H2,1-2H3;1-4H3;2H,1H3;1H,(H,2,3). The Labute approximate surface area is 165 Å². The Kier molecular flexibility index (Phi) is 48.9. The molecule has 26 heavy (non-hydrogen) atoms. The van der Waals surface area contributed by atoms with E-state index in [1.165, 1.54) is 45.4 Å². The van der Waals surface area contributed by atoms with Crippen LogP contribution >= 0.6 is 0 Å². The van der Waals surface area contributed by atoms with Crippen molar-refractivity contribution in [3.63, 3.8) is 0 Å². The van der Waals surface area contributed by atoms with E-state index < -0.39 is 0 Å². The molecule has 0 aliphatic rings. The molecule has 0 aromatic heterocycles. The molecule has 4 nitrogen and oxygen atoms in total. The molecular formula is C22H51NO3. The molecule has 0 aliphatic carbocycles. The van der Waals surface area contributed by atoms with E-state index in [4.69, 9.17) is 14.7 Å². The molecule has 0 heterocycles. The maximum atomic E-state index is 8.81. The van der Waals surface area contributed by atoms with Crippen molar-refractivity contribution in [2.75, 3.05) is 13.1 Å². The lowest BCUT2D eigenvalue weighted by atomic mass is 9.96. The zero-order chi connectivity index (χ0) is 21.9. The summed E-state index contributed by atoms with van der Waals surface area (Å²) in [7, 11) is 0. The summed E-state index contributed by atoms with van der Waals surface area (Å²) in [5.74, 6) is 1.01. The minimum atomic E-state index is -0.250. The van der Waals surface area contributed by atoms with Gasteiger partial charge in [-0.1, -0.05) is 94.4 Å². The zero-order valence-electron chi connectivity index (χ0n) is 19.7. The lowest BCUT2D eigenvalue weighted by Crippen LogP contribution is -2.12. The Balaban J connectivity index is -0.0000000759. The molecule has 162 valence electrons. The number of carboxylic acid groups (broad SMARTS) is 1. The van der Waals surface area contributed by atoms with E-state index in [0.717, 1.165) is 25.3 Å². The molecule has 0 saturated heterocycles. The SMILES string of the molecule is CC(C)(C)C.CC=O.CCCC(CC)CCC.CCCNCC.O=CO. The highest BCUT2D eigenvalue weighted by Gasteiger charge is 2.01. The predicted molar refractivity (Wildman–Crippen MR) is 118 cm³/mol. The van der Waals surface area contributed by atoms with Gasteiger partial charge < -0.3 is 15.2 Å². The molecule has 0 spiro atoms. The van der Waals surface area contributed by atoms with Gasteiger partial charge in [0.05, 0.1) is 0 Å². The van der Waals surface area contributed by atoms with Crippen LogP contribution in [0.15, 0.2) is 0 Å². The molecule has 0 fully saturated rings. The van der Waals surface area contributed by atoms with Crippen LogP contribution in [0.1, 0.15) is 108 Å². The van der Waals surface area contributed by atoms with Crippen LogP contribution in [0.3, 0.4) is 0 Å². The first-order valence-electron chi connectivity index (χ1n) is 10.3. The number of nitrogens with one attached hydrogen (secondary N) is 1. The van der Waals surface area contributed by atoms with Crippen LogP contribution in [-0.4, -0.2) is 31.0 Å². The fourth-order valence-corrected chi connectivity index (χ4v) is 1.72. The number of rotatable bonds is 8. The van der Waals surface area contributed by atoms with Gasteiger partial charge in [0, 0.05) is 0 Å². The Morgan fingerprint density at radius 2 is 1.19 bits per heavy atom. The molecule has 0 saturated carbocycles. The Hall–Kier alpha value is -0.900. The van der Waals surface area contributed by atoms with Crippen LogP contribution in [0.2, 0.25) is 0 Å². The van der Waals surface area contributed by atoms with E-state index in [2.05, 4.69) is 67.6 Å². The topological polar surface area (TPSA) is 66.4 Å². The number of hydrogen-bond acceptors (Lipinski definition) is 3. The molecule has 0 rings (SSSR count). The monoisotopic (exact) mass is 377 g/mol. The van der Waals surface area contributed by atoms with E-state index in [0.29, 0.717) is 5.41 Å². The van der Waals surface area contributed by atoms with Crippen LogP contribution in [0, 0.1) is 11.3 Å². The van der Waals surface area contributed by atoms with Crippen LogP contribution in [0.4, 0.5) is 0 Å². The minimum Gasteiger partial charge on any atom is -0.483 e. The molecule has 2 N–H and O–H groups in total. The van der Waals surface area contributed by atoms with Gasteiger partial charge in [-0.25, -0.2) is 0 Å². The van der Waals surface area contributed by atoms with E-state index in [-0.39, 0.29) is 6.47 Å². The normalized spacial score (nSPS) is 9.04. The van der Waals surface area contributed by atoms with Gasteiger partial charge in [-0.3, -0.25) is 4.79 Å². The molecule has 0 unspecified atom stereocenters. The third-order valence-electron chi connectivity index (χ3n) is 2.65. The number of aldehydes is 1. The van der Waals surface area contributed by atoms with Gasteiger partial charge in [-0.2, -0.15) is 0 Å². The van der Waals surface area contributed by atoms with Crippen molar-refractivity contribution >= 4 is 12.8 Å². The number of hydrogen-bond donors (Lipinski definition) is 2. The highest BCUT2D eigenvalue weighted by atomic mass is 16.3. The molecule has 0 radical (unpaired) electrons. The molecular weight excluding hydrogens is 326 g/mol. The first-order chi connectivity index (χ1) is 12.1. The summed E-state index contributed by atoms with van der Waals surface area (Å²) in [5, 5.41) is 10.1. The summed E-state index contributed by atoms with van der Waals surface area (Å²) in [6.45, 7) is 23.4. The van der Waals surface area contributed by atoms with Crippen LogP contribution in [-0.2, 0) is 9.59 Å². The lowest BCUT2D eigenvalue weighted by Gasteiger charge is -2.10. The van der Waals surface area contributed by atoms with E-state index in [1.807, 2.05) is 0 Å². The third kappa shape index (κ3) is 111. The van der Waals surface area contributed by atoms with Gasteiger partial charge in [-0.15, -0.1) is 0 Å². The Morgan fingerprint density at radius 3 is 1.31 bits per heavy atom. The smallest absolute Gasteiger partial charge is 0.290 e. The van der Waals surface area contributed by atoms with Crippen molar-refractivity contribution in [1.29, 1.82) is 0 Å². The van der Waals surface area contributed by atoms with Crippen molar-refractivity contribution < 1.29 is 14.7 Å². The van der Waals surface area contributed by atoms with Crippen LogP contribution < -0.4 is 5.32 Å². The first kappa shape index (κ1) is 36.1. The third-order valence-corrected chi connectivity index (χ3v) is 2.65. The second kappa shape index (κ2) is 35.3. The molecule has 0 aliphatic heterocycles. The predicted octanol–water partition coefficient (Wildman–Crippen LogP) is 6.58. The summed E-state index contributed by atoms with van der Waals surface area (Å²) in [5.41, 5.74) is 0.500. The molecule has 0 bridgehead atoms. The molecule has 0 aromatic carbocycles. The molecule has 4 heteroatoms. The van der Waals surface area contributed by atoms with E-state index in [1.54, 1.807) is 0 Å². The van der Waals surface area contributed by atoms with Crippen molar-refractivity contribution in [2.45, 2.75) is 108 Å². The fraction of sp³-hybridized carbons (Fsp3) is 0.909. The second-order valence-corrected chi connectivity index (χ2v) is 7.55. The minimum absolute atomic E-state index is 0.250. The quantitative estimate of drug-likeness (QED) is 0.370. The molecule has 0 amide bonds. The highest BCUT2D eigenvalue weighted by Crippen LogP contribution is 2.16. The number of carbonyl (C=O) groups excluding carboxylic acids is 1. The zero-order valence-corrected chi connectivity index (χ0v) is 19.7. The van der Waals surface area contributed by atoms with Gasteiger partial charge in [0.15, 0.2) is 0 Å². The van der Waals surface area contributed by atoms with Crippen molar-refractivity contribution in [1.82, 2.24) is 5.32 Å². The summed E-state index contributed by atoms with van der Waals surface area (Å²) in [6.07, 6.45) is 8.96. The molecule has 0 aromatic rings. The number of carbonyl (C=O) groups is 2. The average Bonchev–Trinajstić information content (AvgIpc) is 2.53. The van der Waals surface area contributed by atoms with Crippen molar-refractivity contribution in [3.8, 4) is 0 Å². The van der Waals surface area contributed by atoms with Crippen molar-refractivity contribution in [3.05, 3.63) is 0 Å². The summed E-state index contributed by atoms with van der Waals surface area (Å²) < 4.78 is 0. The average molecular weight is 378 g/mol. The Morgan fingerprint density at radius 1 is 0.885 bits per heavy atom. The van der Waals surface area contributed by atoms with Gasteiger partial charge >= 0.3 is 0 Å². The summed E-state index contributed by atoms with van der Waals surface area (Å²) in [4.78, 5) is 17.2. The van der Waals surface area contributed by atoms with Gasteiger partial charge in [0.2, 0.25) is 0 Å². The Bertz CT molecular complexity index is 204. The largest absolute Gasteiger partial charge is 0.483 e. The van der Waals surface area contributed by atoms with Gasteiger partial charge in [-0.05, 0) is 37.8 Å². The maximum absolute atomic E-state index is 8.81. The molecule has 0 atom stereocenters. The maximum Gasteiger partial charge on any atom is 0.290 e. The van der Waals surface area contributed by atoms with E-state index >= 15 is 0 Å². The lowest BCUT2D eigenvalue weighted by molar-refractivity contribution is -0.122. The summed E-state index contributed by atoms with van der Waals surface area (Å²) in [6, 6.07) is 0. The first-order valence-corrected chi connectivity index (χ1v) is 10.3. The second-order valence-electron chi connectivity index (χ2n) is 7.55. The van der Waals surface area contributed by atoms with Crippen molar-refractivity contribution in [2.24, 2.45) is 11.3 Å². The van der Waals surface area contributed by atoms with Gasteiger partial charge in [0.25, 0.3) is 6.47 Å². The van der Waals surface area contributed by atoms with Gasteiger partial charge in [0.1, 0.15) is 6.29 Å². The van der Waals surface area contributed by atoms with Crippen LogP contribution in [0.5, 0.6) is 0 Å². The van der Waals surface area contributed by atoms with E-state index in [9.17, 15) is 0 Å². The fourth-order valence-electron chi connectivity index (χ4n) is 1.72. The summed E-state index contributed by atoms with van der Waals surface area (Å²) >= 11 is 0. The van der Waals surface area contributed by atoms with Crippen LogP contribution in [0.25, 0.3) is 0 Å². The highest BCUT2D eigenvalue weighted by molar-refractivity contribution is 5.44.